The Morgan fingerprint density at radius 2 is 2.17 bits per heavy atom. The van der Waals surface area contributed by atoms with Crippen molar-refractivity contribution in [3.8, 4) is 5.75 Å². The van der Waals surface area contributed by atoms with E-state index in [0.717, 1.165) is 25.1 Å². The van der Waals surface area contributed by atoms with E-state index < -0.39 is 0 Å². The van der Waals surface area contributed by atoms with Crippen LogP contribution in [0.2, 0.25) is 0 Å². The van der Waals surface area contributed by atoms with Crippen LogP contribution in [0.5, 0.6) is 5.75 Å². The maximum Gasteiger partial charge on any atom is 0.120 e. The van der Waals surface area contributed by atoms with Crippen molar-refractivity contribution in [3.63, 3.8) is 0 Å². The van der Waals surface area contributed by atoms with E-state index in [2.05, 4.69) is 17.3 Å². The topological polar surface area (TPSA) is 50.1 Å². The first-order valence-corrected chi connectivity index (χ1v) is 6.26. The lowest BCUT2D eigenvalue weighted by molar-refractivity contribution is 0.447. The molecule has 18 heavy (non-hydrogen) atoms. The summed E-state index contributed by atoms with van der Waals surface area (Å²) in [5.74, 6) is 0.351. The highest BCUT2D eigenvalue weighted by atomic mass is 16.3. The summed E-state index contributed by atoms with van der Waals surface area (Å²) in [4.78, 5) is 0. The predicted molar refractivity (Wildman–Crippen MR) is 71.4 cm³/mol. The summed E-state index contributed by atoms with van der Waals surface area (Å²) in [5.41, 5.74) is 0.941. The third kappa shape index (κ3) is 3.34. The van der Waals surface area contributed by atoms with Gasteiger partial charge >= 0.3 is 0 Å². The molecule has 1 aromatic heterocycles. The highest BCUT2D eigenvalue weighted by molar-refractivity contribution is 5.33. The molecule has 2 N–H and O–H groups in total. The van der Waals surface area contributed by atoms with E-state index in [4.69, 9.17) is 0 Å². The number of benzene rings is 1. The maximum atomic E-state index is 9.73. The summed E-state index contributed by atoms with van der Waals surface area (Å²) < 4.78 is 1.92. The minimum atomic E-state index is 0.156. The van der Waals surface area contributed by atoms with Crippen LogP contribution in [0.15, 0.2) is 42.7 Å². The predicted octanol–water partition coefficient (Wildman–Crippen LogP) is 2.33. The molecule has 2 rings (SSSR count). The molecule has 2 aromatic rings. The third-order valence-corrected chi connectivity index (χ3v) is 2.98. The van der Waals surface area contributed by atoms with E-state index in [9.17, 15) is 5.11 Å². The molecule has 1 unspecified atom stereocenters. The zero-order valence-electron chi connectivity index (χ0n) is 10.6. The molecule has 4 heteroatoms. The molecule has 0 bridgehead atoms. The molecule has 0 radical (unpaired) electrons. The van der Waals surface area contributed by atoms with Gasteiger partial charge in [0.25, 0.3) is 0 Å². The Bertz CT molecular complexity index is 468. The van der Waals surface area contributed by atoms with Gasteiger partial charge < -0.3 is 10.4 Å². The molecule has 1 heterocycles. The first-order valence-electron chi connectivity index (χ1n) is 6.26. The molecule has 0 amide bonds. The van der Waals surface area contributed by atoms with Crippen molar-refractivity contribution >= 4 is 0 Å². The van der Waals surface area contributed by atoms with E-state index in [1.165, 1.54) is 0 Å². The van der Waals surface area contributed by atoms with Crippen LogP contribution in [0.4, 0.5) is 0 Å². The number of aromatic nitrogens is 2. The summed E-state index contributed by atoms with van der Waals surface area (Å²) >= 11 is 0. The summed E-state index contributed by atoms with van der Waals surface area (Å²) in [5, 5.41) is 17.3. The maximum absolute atomic E-state index is 9.73. The zero-order valence-corrected chi connectivity index (χ0v) is 10.6. The molecule has 0 fully saturated rings. The van der Waals surface area contributed by atoms with Crippen LogP contribution >= 0.6 is 0 Å². The highest BCUT2D eigenvalue weighted by Gasteiger charge is 2.08. The fraction of sp³-hybridized carbons (Fsp3) is 0.357. The zero-order chi connectivity index (χ0) is 12.8. The second-order valence-electron chi connectivity index (χ2n) is 4.36. The first kappa shape index (κ1) is 12.6. The number of phenolic OH excluding ortho intramolecular Hbond substituents is 1. The number of phenols is 1. The van der Waals surface area contributed by atoms with E-state index in [-0.39, 0.29) is 6.04 Å². The van der Waals surface area contributed by atoms with Gasteiger partial charge in [-0.2, -0.15) is 5.10 Å². The molecule has 4 nitrogen and oxygen atoms in total. The molecule has 1 atom stereocenters. The van der Waals surface area contributed by atoms with Crippen molar-refractivity contribution < 1.29 is 5.11 Å². The Morgan fingerprint density at radius 3 is 2.89 bits per heavy atom. The fourth-order valence-electron chi connectivity index (χ4n) is 1.96. The van der Waals surface area contributed by atoms with Gasteiger partial charge in [-0.25, -0.2) is 0 Å². The molecule has 0 aliphatic heterocycles. The van der Waals surface area contributed by atoms with E-state index in [1.807, 2.05) is 35.1 Å². The van der Waals surface area contributed by atoms with Crippen LogP contribution < -0.4 is 5.32 Å². The Labute approximate surface area is 107 Å². The lowest BCUT2D eigenvalue weighted by Gasteiger charge is -2.15. The van der Waals surface area contributed by atoms with E-state index in [0.29, 0.717) is 5.75 Å². The number of para-hydroxylation sites is 1. The molecule has 1 aromatic carbocycles. The van der Waals surface area contributed by atoms with Crippen molar-refractivity contribution in [2.75, 3.05) is 6.54 Å². The fourth-order valence-corrected chi connectivity index (χ4v) is 1.96. The molecule has 0 spiro atoms. The SMILES string of the molecule is CC(NCCCn1cccn1)c1ccccc1O. The second kappa shape index (κ2) is 6.21. The van der Waals surface area contributed by atoms with Crippen molar-refractivity contribution in [1.29, 1.82) is 0 Å². The van der Waals surface area contributed by atoms with E-state index in [1.54, 1.807) is 12.3 Å². The molecule has 0 saturated carbocycles. The minimum Gasteiger partial charge on any atom is -0.508 e. The second-order valence-corrected chi connectivity index (χ2v) is 4.36. The standard InChI is InChI=1S/C14H19N3O/c1-12(13-6-2-3-7-14(13)18)15-8-4-10-17-11-5-9-16-17/h2-3,5-7,9,11-12,15,18H,4,8,10H2,1H3. The van der Waals surface area contributed by atoms with Crippen molar-refractivity contribution in [3.05, 3.63) is 48.3 Å². The molecule has 0 saturated heterocycles. The first-order chi connectivity index (χ1) is 8.77. The number of nitrogens with one attached hydrogen (secondary N) is 1. The Hall–Kier alpha value is -1.81. The van der Waals surface area contributed by atoms with Crippen LogP contribution in [-0.2, 0) is 6.54 Å². The van der Waals surface area contributed by atoms with Crippen LogP contribution in [0.1, 0.15) is 24.9 Å². The number of hydrogen-bond acceptors (Lipinski definition) is 3. The number of hydrogen-bond donors (Lipinski definition) is 2. The summed E-state index contributed by atoms with van der Waals surface area (Å²) in [6.45, 7) is 3.87. The minimum absolute atomic E-state index is 0.156. The van der Waals surface area contributed by atoms with Gasteiger partial charge in [0.05, 0.1) is 0 Å². The smallest absolute Gasteiger partial charge is 0.120 e. The van der Waals surface area contributed by atoms with Crippen molar-refractivity contribution in [1.82, 2.24) is 15.1 Å². The van der Waals surface area contributed by atoms with Gasteiger partial charge in [-0.05, 0) is 32.0 Å². The molecule has 96 valence electrons. The monoisotopic (exact) mass is 245 g/mol. The number of rotatable bonds is 6. The highest BCUT2D eigenvalue weighted by Crippen LogP contribution is 2.22. The Balaban J connectivity index is 1.75. The van der Waals surface area contributed by atoms with Crippen LogP contribution in [-0.4, -0.2) is 21.4 Å². The molecular weight excluding hydrogens is 226 g/mol. The van der Waals surface area contributed by atoms with Gasteiger partial charge in [0, 0.05) is 30.5 Å². The Kier molecular flexibility index (Phi) is 4.36. The van der Waals surface area contributed by atoms with Gasteiger partial charge in [0.15, 0.2) is 0 Å². The summed E-state index contributed by atoms with van der Waals surface area (Å²) in [6, 6.07) is 9.53. The van der Waals surface area contributed by atoms with Crippen LogP contribution in [0.3, 0.4) is 0 Å². The molecule has 0 aliphatic rings. The normalized spacial score (nSPS) is 12.5. The average molecular weight is 245 g/mol. The van der Waals surface area contributed by atoms with Gasteiger partial charge in [-0.1, -0.05) is 18.2 Å². The van der Waals surface area contributed by atoms with Crippen LogP contribution in [0.25, 0.3) is 0 Å². The summed E-state index contributed by atoms with van der Waals surface area (Å²) in [6.07, 6.45) is 4.77. The quantitative estimate of drug-likeness (QED) is 0.768. The van der Waals surface area contributed by atoms with Gasteiger partial charge in [-0.15, -0.1) is 0 Å². The lowest BCUT2D eigenvalue weighted by Crippen LogP contribution is -2.21. The largest absolute Gasteiger partial charge is 0.508 e. The van der Waals surface area contributed by atoms with Crippen molar-refractivity contribution in [2.24, 2.45) is 0 Å². The third-order valence-electron chi connectivity index (χ3n) is 2.98. The van der Waals surface area contributed by atoms with E-state index >= 15 is 0 Å². The Morgan fingerprint density at radius 1 is 1.33 bits per heavy atom. The number of nitrogens with zero attached hydrogens (tertiary/aromatic N) is 2. The van der Waals surface area contributed by atoms with Crippen molar-refractivity contribution in [2.45, 2.75) is 25.9 Å². The molecular formula is C14H19N3O. The lowest BCUT2D eigenvalue weighted by atomic mass is 10.1. The van der Waals surface area contributed by atoms with Gasteiger partial charge in [-0.3, -0.25) is 4.68 Å². The number of aryl methyl sites for hydroxylation is 1. The average Bonchev–Trinajstić information content (AvgIpc) is 2.88. The van der Waals surface area contributed by atoms with Crippen LogP contribution in [0, 0.1) is 0 Å². The van der Waals surface area contributed by atoms with Gasteiger partial charge in [0.2, 0.25) is 0 Å². The molecule has 0 aliphatic carbocycles. The van der Waals surface area contributed by atoms with Gasteiger partial charge in [0.1, 0.15) is 5.75 Å². The summed E-state index contributed by atoms with van der Waals surface area (Å²) in [7, 11) is 0. The number of aromatic hydroxyl groups is 1.